The molecule has 3 heteroatoms. The topological polar surface area (TPSA) is 55.5 Å². The Balaban J connectivity index is 2.16. The molecule has 1 aliphatic rings. The van der Waals surface area contributed by atoms with Gasteiger partial charge in [-0.3, -0.25) is 9.79 Å². The van der Waals surface area contributed by atoms with Crippen LogP contribution in [0.15, 0.2) is 16.8 Å². The third-order valence-corrected chi connectivity index (χ3v) is 2.82. The molecule has 15 heavy (non-hydrogen) atoms. The number of nitrogens with two attached hydrogens (primary N) is 1. The summed E-state index contributed by atoms with van der Waals surface area (Å²) in [7, 11) is 0. The van der Waals surface area contributed by atoms with Gasteiger partial charge in [0, 0.05) is 31.7 Å². The van der Waals surface area contributed by atoms with Crippen LogP contribution in [-0.2, 0) is 4.79 Å². The van der Waals surface area contributed by atoms with E-state index in [1.54, 1.807) is 0 Å². The number of nitrogens with zero attached hydrogens (tertiary/aromatic N) is 1. The van der Waals surface area contributed by atoms with Crippen LogP contribution in [0.3, 0.4) is 0 Å². The van der Waals surface area contributed by atoms with Gasteiger partial charge in [-0.15, -0.1) is 0 Å². The summed E-state index contributed by atoms with van der Waals surface area (Å²) < 4.78 is 0. The maximum Gasteiger partial charge on any atom is 0.132 e. The van der Waals surface area contributed by atoms with Gasteiger partial charge in [0.25, 0.3) is 0 Å². The summed E-state index contributed by atoms with van der Waals surface area (Å²) in [5.41, 5.74) is 6.70. The molecule has 0 aromatic heterocycles. The molecule has 0 radical (unpaired) electrons. The van der Waals surface area contributed by atoms with Gasteiger partial charge in [0.1, 0.15) is 5.78 Å². The van der Waals surface area contributed by atoms with Crippen molar-refractivity contribution in [3.05, 3.63) is 11.8 Å². The average Bonchev–Trinajstić information content (AvgIpc) is 2.76. The van der Waals surface area contributed by atoms with E-state index < -0.39 is 0 Å². The van der Waals surface area contributed by atoms with Gasteiger partial charge < -0.3 is 5.73 Å². The van der Waals surface area contributed by atoms with Crippen molar-refractivity contribution < 1.29 is 4.79 Å². The molecule has 0 aliphatic carbocycles. The third kappa shape index (κ3) is 4.38. The molecule has 1 unspecified atom stereocenters. The Hall–Kier alpha value is -0.960. The number of carbonyl (C=O) groups is 1. The van der Waals surface area contributed by atoms with E-state index in [4.69, 9.17) is 5.73 Å². The highest BCUT2D eigenvalue weighted by Gasteiger charge is 2.12. The van der Waals surface area contributed by atoms with Crippen LogP contribution in [0.25, 0.3) is 0 Å². The Morgan fingerprint density at radius 1 is 1.60 bits per heavy atom. The molecule has 0 bridgehead atoms. The Labute approximate surface area is 91.5 Å². The van der Waals surface area contributed by atoms with E-state index in [0.717, 1.165) is 19.3 Å². The zero-order valence-electron chi connectivity index (χ0n) is 9.41. The molecule has 1 atom stereocenters. The number of rotatable bonds is 7. The van der Waals surface area contributed by atoms with Gasteiger partial charge in [-0.05, 0) is 30.9 Å². The predicted molar refractivity (Wildman–Crippen MR) is 62.9 cm³/mol. The molecule has 0 spiro atoms. The van der Waals surface area contributed by atoms with Gasteiger partial charge in [0.05, 0.1) is 0 Å². The van der Waals surface area contributed by atoms with Crippen LogP contribution in [0.1, 0.15) is 39.0 Å². The minimum absolute atomic E-state index is 0.340. The number of hydrogen-bond donors (Lipinski definition) is 1. The van der Waals surface area contributed by atoms with Crippen molar-refractivity contribution in [1.29, 1.82) is 0 Å². The number of ketones is 1. The molecule has 1 heterocycles. The predicted octanol–water partition coefficient (Wildman–Crippen LogP) is 2.07. The molecular weight excluding hydrogens is 188 g/mol. The van der Waals surface area contributed by atoms with Crippen LogP contribution in [0.2, 0.25) is 0 Å². The highest BCUT2D eigenvalue weighted by Crippen LogP contribution is 2.22. The van der Waals surface area contributed by atoms with Gasteiger partial charge in [-0.2, -0.15) is 0 Å². The largest absolute Gasteiger partial charge is 0.330 e. The maximum atomic E-state index is 11.4. The van der Waals surface area contributed by atoms with Crippen molar-refractivity contribution in [2.24, 2.45) is 16.6 Å². The lowest BCUT2D eigenvalue weighted by molar-refractivity contribution is -0.119. The second kappa shape index (κ2) is 6.51. The van der Waals surface area contributed by atoms with Crippen LogP contribution < -0.4 is 5.73 Å². The molecule has 0 saturated carbocycles. The van der Waals surface area contributed by atoms with Gasteiger partial charge in [-0.25, -0.2) is 0 Å². The van der Waals surface area contributed by atoms with Gasteiger partial charge in [-0.1, -0.05) is 6.92 Å². The van der Waals surface area contributed by atoms with E-state index in [9.17, 15) is 4.79 Å². The quantitative estimate of drug-likeness (QED) is 0.696. The van der Waals surface area contributed by atoms with Gasteiger partial charge >= 0.3 is 0 Å². The van der Waals surface area contributed by atoms with E-state index in [1.807, 2.05) is 12.4 Å². The standard InChI is InChI=1S/C12H20N2O/c1-10(11-6-8-14-9-11)4-5-12(15)3-2-7-13/h8-10H,2-7,13H2,1H3. The summed E-state index contributed by atoms with van der Waals surface area (Å²) in [6, 6.07) is 0. The number of allylic oxidation sites excluding steroid dienone is 1. The summed E-state index contributed by atoms with van der Waals surface area (Å²) in [4.78, 5) is 15.5. The molecule has 0 fully saturated rings. The first kappa shape index (κ1) is 12.1. The van der Waals surface area contributed by atoms with Crippen LogP contribution in [0.5, 0.6) is 0 Å². The maximum absolute atomic E-state index is 11.4. The minimum atomic E-state index is 0.340. The second-order valence-electron chi connectivity index (χ2n) is 4.11. The normalized spacial score (nSPS) is 16.5. The first-order valence-corrected chi connectivity index (χ1v) is 5.66. The lowest BCUT2D eigenvalue weighted by atomic mass is 9.94. The first-order chi connectivity index (χ1) is 7.24. The molecule has 2 N–H and O–H groups in total. The van der Waals surface area contributed by atoms with E-state index in [1.165, 1.54) is 5.57 Å². The average molecular weight is 208 g/mol. The highest BCUT2D eigenvalue weighted by molar-refractivity contribution is 5.78. The number of Topliss-reactive ketones (excluding diaryl/α,β-unsaturated/α-hetero) is 1. The SMILES string of the molecule is CC(CCC(=O)CCCN)C1=CN=CC1. The third-order valence-electron chi connectivity index (χ3n) is 2.82. The fraction of sp³-hybridized carbons (Fsp3) is 0.667. The zero-order valence-corrected chi connectivity index (χ0v) is 9.41. The molecule has 0 saturated heterocycles. The van der Waals surface area contributed by atoms with E-state index in [2.05, 4.69) is 11.9 Å². The number of hydrogen-bond acceptors (Lipinski definition) is 3. The highest BCUT2D eigenvalue weighted by atomic mass is 16.1. The number of aliphatic imine (C=N–C) groups is 1. The summed E-state index contributed by atoms with van der Waals surface area (Å²) in [6.07, 6.45) is 7.88. The molecule has 1 aliphatic heterocycles. The zero-order chi connectivity index (χ0) is 11.1. The van der Waals surface area contributed by atoms with Crippen LogP contribution in [-0.4, -0.2) is 18.5 Å². The van der Waals surface area contributed by atoms with Crippen LogP contribution >= 0.6 is 0 Å². The van der Waals surface area contributed by atoms with Crippen molar-refractivity contribution in [2.75, 3.05) is 6.54 Å². The summed E-state index contributed by atoms with van der Waals surface area (Å²) in [5.74, 6) is 0.821. The van der Waals surface area contributed by atoms with E-state index in [-0.39, 0.29) is 0 Å². The summed E-state index contributed by atoms with van der Waals surface area (Å²) >= 11 is 0. The monoisotopic (exact) mass is 208 g/mol. The summed E-state index contributed by atoms with van der Waals surface area (Å²) in [5, 5.41) is 0. The molecule has 0 aromatic rings. The Morgan fingerprint density at radius 3 is 3.00 bits per heavy atom. The fourth-order valence-corrected chi connectivity index (χ4v) is 1.67. The molecule has 0 aromatic carbocycles. The van der Waals surface area contributed by atoms with Crippen LogP contribution in [0, 0.1) is 5.92 Å². The van der Waals surface area contributed by atoms with E-state index in [0.29, 0.717) is 31.1 Å². The Morgan fingerprint density at radius 2 is 2.40 bits per heavy atom. The fourth-order valence-electron chi connectivity index (χ4n) is 1.67. The molecule has 3 nitrogen and oxygen atoms in total. The molecule has 1 rings (SSSR count). The van der Waals surface area contributed by atoms with Crippen LogP contribution in [0.4, 0.5) is 0 Å². The second-order valence-corrected chi connectivity index (χ2v) is 4.11. The Bertz CT molecular complexity index is 269. The van der Waals surface area contributed by atoms with Crippen molar-refractivity contribution >= 4 is 12.0 Å². The molecule has 0 amide bonds. The smallest absolute Gasteiger partial charge is 0.132 e. The minimum Gasteiger partial charge on any atom is -0.330 e. The lowest BCUT2D eigenvalue weighted by Crippen LogP contribution is -2.07. The first-order valence-electron chi connectivity index (χ1n) is 5.66. The van der Waals surface area contributed by atoms with Gasteiger partial charge in [0.15, 0.2) is 0 Å². The van der Waals surface area contributed by atoms with Gasteiger partial charge in [0.2, 0.25) is 0 Å². The van der Waals surface area contributed by atoms with Crippen molar-refractivity contribution in [2.45, 2.75) is 39.0 Å². The van der Waals surface area contributed by atoms with Crippen molar-refractivity contribution in [1.82, 2.24) is 0 Å². The number of carbonyl (C=O) groups excluding carboxylic acids is 1. The summed E-state index contributed by atoms with van der Waals surface area (Å²) in [6.45, 7) is 2.77. The molecular formula is C12H20N2O. The van der Waals surface area contributed by atoms with E-state index >= 15 is 0 Å². The lowest BCUT2D eigenvalue weighted by Gasteiger charge is -2.11. The Kier molecular flexibility index (Phi) is 5.26. The van der Waals surface area contributed by atoms with Crippen molar-refractivity contribution in [3.8, 4) is 0 Å². The van der Waals surface area contributed by atoms with Crippen molar-refractivity contribution in [3.63, 3.8) is 0 Å². The molecule has 84 valence electrons.